The molecule has 0 bridgehead atoms. The molecule has 2 fully saturated rings. The first-order valence-corrected chi connectivity index (χ1v) is 8.90. The van der Waals surface area contributed by atoms with Gasteiger partial charge in [-0.25, -0.2) is 4.98 Å². The van der Waals surface area contributed by atoms with Crippen LogP contribution in [0.15, 0.2) is 6.20 Å². The van der Waals surface area contributed by atoms with E-state index in [-0.39, 0.29) is 6.10 Å². The van der Waals surface area contributed by atoms with Gasteiger partial charge in [0.05, 0.1) is 18.3 Å². The van der Waals surface area contributed by atoms with E-state index in [1.54, 1.807) is 6.20 Å². The maximum absolute atomic E-state index is 6.50. The second-order valence-corrected chi connectivity index (χ2v) is 7.07. The van der Waals surface area contributed by atoms with E-state index in [0.29, 0.717) is 29.4 Å². The number of nitrogens with zero attached hydrogens (tertiary/aromatic N) is 3. The lowest BCUT2D eigenvalue weighted by molar-refractivity contribution is 0.138. The highest BCUT2D eigenvalue weighted by Gasteiger charge is 2.24. The molecule has 124 valence electrons. The molecule has 2 aromatic heterocycles. The first-order chi connectivity index (χ1) is 11.2. The van der Waals surface area contributed by atoms with Crippen LogP contribution in [0.4, 0.5) is 0 Å². The Labute approximate surface area is 141 Å². The first kappa shape index (κ1) is 15.1. The van der Waals surface area contributed by atoms with Crippen molar-refractivity contribution < 1.29 is 9.47 Å². The summed E-state index contributed by atoms with van der Waals surface area (Å²) in [6.07, 6.45) is 10.4. The Balaban J connectivity index is 1.59. The average Bonchev–Trinajstić information content (AvgIpc) is 3.33. The van der Waals surface area contributed by atoms with E-state index >= 15 is 0 Å². The summed E-state index contributed by atoms with van der Waals surface area (Å²) >= 11 is 6.50. The summed E-state index contributed by atoms with van der Waals surface area (Å²) in [6, 6.07) is 0.620. The summed E-state index contributed by atoms with van der Waals surface area (Å²) in [4.78, 5) is 8.88. The van der Waals surface area contributed by atoms with Gasteiger partial charge in [0.15, 0.2) is 0 Å². The van der Waals surface area contributed by atoms with Crippen molar-refractivity contribution in [3.05, 3.63) is 11.2 Å². The largest absolute Gasteiger partial charge is 0.476 e. The van der Waals surface area contributed by atoms with Gasteiger partial charge in [0, 0.05) is 7.05 Å². The highest BCUT2D eigenvalue weighted by Crippen LogP contribution is 2.35. The van der Waals surface area contributed by atoms with Crippen molar-refractivity contribution in [3.63, 3.8) is 0 Å². The number of fused-ring (bicyclic) bond motifs is 1. The monoisotopic (exact) mass is 335 g/mol. The molecule has 0 spiro atoms. The van der Waals surface area contributed by atoms with Crippen molar-refractivity contribution in [2.24, 2.45) is 13.0 Å². The third kappa shape index (κ3) is 3.11. The second kappa shape index (κ2) is 6.19. The van der Waals surface area contributed by atoms with Crippen LogP contribution in [0.25, 0.3) is 11.0 Å². The van der Waals surface area contributed by atoms with Crippen molar-refractivity contribution in [3.8, 4) is 11.9 Å². The third-order valence-electron chi connectivity index (χ3n) is 4.76. The Morgan fingerprint density at radius 2 is 2.00 bits per heavy atom. The molecule has 2 aromatic rings. The first-order valence-electron chi connectivity index (χ1n) is 8.52. The number of aryl methyl sites for hydroxylation is 1. The van der Waals surface area contributed by atoms with Crippen molar-refractivity contribution >= 4 is 22.6 Å². The molecule has 23 heavy (non-hydrogen) atoms. The zero-order chi connectivity index (χ0) is 15.8. The van der Waals surface area contributed by atoms with Crippen LogP contribution in [-0.2, 0) is 7.05 Å². The lowest BCUT2D eigenvalue weighted by atomic mass is 9.98. The van der Waals surface area contributed by atoms with Crippen LogP contribution < -0.4 is 9.47 Å². The molecule has 0 amide bonds. The van der Waals surface area contributed by atoms with E-state index in [2.05, 4.69) is 9.97 Å². The lowest BCUT2D eigenvalue weighted by Gasteiger charge is -2.22. The van der Waals surface area contributed by atoms with Gasteiger partial charge in [0.1, 0.15) is 16.6 Å². The van der Waals surface area contributed by atoms with Crippen LogP contribution in [0.3, 0.4) is 0 Å². The fraction of sp³-hybridized carbons (Fsp3) is 0.647. The minimum atomic E-state index is 0.261. The summed E-state index contributed by atoms with van der Waals surface area (Å²) in [6.45, 7) is 0.696. The van der Waals surface area contributed by atoms with Crippen molar-refractivity contribution in [1.29, 1.82) is 0 Å². The predicted molar refractivity (Wildman–Crippen MR) is 89.2 cm³/mol. The van der Waals surface area contributed by atoms with Gasteiger partial charge in [-0.1, -0.05) is 18.0 Å². The van der Waals surface area contributed by atoms with Gasteiger partial charge < -0.3 is 9.47 Å². The number of hydrogen-bond donors (Lipinski definition) is 0. The Bertz CT molecular complexity index is 705. The number of pyridine rings is 1. The SMILES string of the molecule is Cn1c(OC2CCCCC2)nc2cnc(OCC3CC3)c(Cl)c21. The average molecular weight is 336 g/mol. The Hall–Kier alpha value is -1.49. The Morgan fingerprint density at radius 3 is 2.74 bits per heavy atom. The highest BCUT2D eigenvalue weighted by molar-refractivity contribution is 6.36. The number of ether oxygens (including phenoxy) is 2. The normalized spacial score (nSPS) is 19.2. The number of hydrogen-bond acceptors (Lipinski definition) is 4. The molecule has 0 atom stereocenters. The van der Waals surface area contributed by atoms with E-state index in [1.165, 1.54) is 32.1 Å². The Morgan fingerprint density at radius 1 is 1.22 bits per heavy atom. The molecule has 0 N–H and O–H groups in total. The fourth-order valence-electron chi connectivity index (χ4n) is 3.15. The van der Waals surface area contributed by atoms with Crippen LogP contribution in [0, 0.1) is 5.92 Å². The summed E-state index contributed by atoms with van der Waals surface area (Å²) in [5.74, 6) is 1.17. The molecule has 4 rings (SSSR count). The third-order valence-corrected chi connectivity index (χ3v) is 5.10. The van der Waals surface area contributed by atoms with Gasteiger partial charge in [-0.05, 0) is 44.4 Å². The van der Waals surface area contributed by atoms with Crippen LogP contribution in [0.1, 0.15) is 44.9 Å². The molecule has 2 heterocycles. The van der Waals surface area contributed by atoms with Gasteiger partial charge in [0.2, 0.25) is 5.88 Å². The molecular formula is C17H22ClN3O2. The molecule has 2 aliphatic carbocycles. The summed E-state index contributed by atoms with van der Waals surface area (Å²) in [7, 11) is 1.93. The topological polar surface area (TPSA) is 49.2 Å². The smallest absolute Gasteiger partial charge is 0.297 e. The summed E-state index contributed by atoms with van der Waals surface area (Å²) < 4.78 is 13.8. The van der Waals surface area contributed by atoms with Gasteiger partial charge >= 0.3 is 0 Å². The van der Waals surface area contributed by atoms with E-state index in [0.717, 1.165) is 23.9 Å². The van der Waals surface area contributed by atoms with Gasteiger partial charge in [-0.2, -0.15) is 4.98 Å². The summed E-state index contributed by atoms with van der Waals surface area (Å²) in [5.41, 5.74) is 1.58. The predicted octanol–water partition coefficient (Wildman–Crippen LogP) is 4.12. The van der Waals surface area contributed by atoms with Crippen LogP contribution in [0.5, 0.6) is 11.9 Å². The minimum Gasteiger partial charge on any atom is -0.476 e. The van der Waals surface area contributed by atoms with Crippen LogP contribution in [0.2, 0.25) is 5.02 Å². The van der Waals surface area contributed by atoms with E-state index in [1.807, 2.05) is 11.6 Å². The van der Waals surface area contributed by atoms with Crippen molar-refractivity contribution in [1.82, 2.24) is 14.5 Å². The molecule has 2 saturated carbocycles. The molecule has 0 saturated heterocycles. The highest BCUT2D eigenvalue weighted by atomic mass is 35.5. The molecule has 5 nitrogen and oxygen atoms in total. The zero-order valence-corrected chi connectivity index (χ0v) is 14.2. The minimum absolute atomic E-state index is 0.261. The standard InChI is InChI=1S/C17H22ClN3O2/c1-21-15-13(20-17(21)23-12-5-3-2-4-6-12)9-19-16(14(15)18)22-10-11-7-8-11/h9,11-12H,2-8,10H2,1H3. The van der Waals surface area contributed by atoms with Crippen LogP contribution >= 0.6 is 11.6 Å². The van der Waals surface area contributed by atoms with Crippen LogP contribution in [-0.4, -0.2) is 27.2 Å². The number of rotatable bonds is 5. The number of halogens is 1. The van der Waals surface area contributed by atoms with Gasteiger partial charge in [-0.15, -0.1) is 0 Å². The maximum atomic E-state index is 6.50. The van der Waals surface area contributed by atoms with E-state index in [4.69, 9.17) is 21.1 Å². The van der Waals surface area contributed by atoms with E-state index < -0.39 is 0 Å². The fourth-order valence-corrected chi connectivity index (χ4v) is 3.47. The quantitative estimate of drug-likeness (QED) is 0.824. The molecule has 0 aliphatic heterocycles. The zero-order valence-electron chi connectivity index (χ0n) is 13.4. The molecule has 6 heteroatoms. The molecule has 2 aliphatic rings. The van der Waals surface area contributed by atoms with Crippen molar-refractivity contribution in [2.45, 2.75) is 51.0 Å². The molecule has 0 unspecified atom stereocenters. The maximum Gasteiger partial charge on any atom is 0.297 e. The number of imidazole rings is 1. The summed E-state index contributed by atoms with van der Waals surface area (Å²) in [5, 5.41) is 0.525. The lowest BCUT2D eigenvalue weighted by Crippen LogP contribution is -2.21. The molecular weight excluding hydrogens is 314 g/mol. The Kier molecular flexibility index (Phi) is 4.05. The molecule has 0 radical (unpaired) electrons. The van der Waals surface area contributed by atoms with E-state index in [9.17, 15) is 0 Å². The second-order valence-electron chi connectivity index (χ2n) is 6.70. The molecule has 0 aromatic carbocycles. The van der Waals surface area contributed by atoms with Gasteiger partial charge in [0.25, 0.3) is 6.01 Å². The van der Waals surface area contributed by atoms with Crippen molar-refractivity contribution in [2.75, 3.05) is 6.61 Å². The number of aromatic nitrogens is 3. The van der Waals surface area contributed by atoms with Gasteiger partial charge in [-0.3, -0.25) is 4.57 Å².